The van der Waals surface area contributed by atoms with E-state index in [0.29, 0.717) is 24.1 Å². The Morgan fingerprint density at radius 3 is 2.15 bits per heavy atom. The maximum atomic E-state index is 14.0. The van der Waals surface area contributed by atoms with Crippen LogP contribution in [0.1, 0.15) is 35.7 Å². The Balaban J connectivity index is 1.40. The third kappa shape index (κ3) is 5.66. The van der Waals surface area contributed by atoms with Gasteiger partial charge < -0.3 is 5.32 Å². The quantitative estimate of drug-likeness (QED) is 0.235. The zero-order valence-corrected chi connectivity index (χ0v) is 24.4. The number of benzene rings is 4. The van der Waals surface area contributed by atoms with Gasteiger partial charge in [-0.15, -0.1) is 0 Å². The second kappa shape index (κ2) is 11.5. The summed E-state index contributed by atoms with van der Waals surface area (Å²) in [4.78, 5) is 25.9. The first kappa shape index (κ1) is 28.0. The van der Waals surface area contributed by atoms with Crippen LogP contribution >= 0.6 is 15.9 Å². The molecule has 0 radical (unpaired) electrons. The molecule has 1 aliphatic heterocycles. The van der Waals surface area contributed by atoms with E-state index in [-0.39, 0.29) is 29.7 Å². The van der Waals surface area contributed by atoms with Crippen molar-refractivity contribution in [3.8, 4) is 11.1 Å². The molecule has 1 fully saturated rings. The molecule has 0 saturated carbocycles. The number of carbonyl (C=O) groups excluding carboxylic acids is 2. The van der Waals surface area contributed by atoms with Gasteiger partial charge in [-0.05, 0) is 72.9 Å². The van der Waals surface area contributed by atoms with Crippen LogP contribution in [-0.2, 0) is 20.2 Å². The minimum Gasteiger partial charge on any atom is -0.325 e. The maximum absolute atomic E-state index is 14.0. The predicted molar refractivity (Wildman–Crippen MR) is 161 cm³/mol. The number of anilines is 1. The second-order valence-electron chi connectivity index (χ2n) is 9.98. The van der Waals surface area contributed by atoms with Gasteiger partial charge in [-0.3, -0.25) is 9.59 Å². The highest BCUT2D eigenvalue weighted by molar-refractivity contribution is 9.10. The molecule has 0 unspecified atom stereocenters. The van der Waals surface area contributed by atoms with Crippen molar-refractivity contribution in [3.05, 3.63) is 119 Å². The van der Waals surface area contributed by atoms with E-state index in [1.807, 2.05) is 78.9 Å². The van der Waals surface area contributed by atoms with Crippen LogP contribution in [0.4, 0.5) is 5.69 Å². The lowest BCUT2D eigenvalue weighted by atomic mass is 9.72. The van der Waals surface area contributed by atoms with Crippen molar-refractivity contribution in [3.63, 3.8) is 0 Å². The number of hydrogen-bond donors (Lipinski definition) is 1. The summed E-state index contributed by atoms with van der Waals surface area (Å²) in [6.07, 6.45) is 0.641. The Morgan fingerprint density at radius 1 is 0.800 bits per heavy atom. The van der Waals surface area contributed by atoms with Crippen LogP contribution in [0.15, 0.2) is 112 Å². The number of sulfonamides is 1. The second-order valence-corrected chi connectivity index (χ2v) is 12.8. The van der Waals surface area contributed by atoms with Gasteiger partial charge in [0.1, 0.15) is 0 Å². The summed E-state index contributed by atoms with van der Waals surface area (Å²) in [6.45, 7) is 1.76. The van der Waals surface area contributed by atoms with Crippen molar-refractivity contribution in [1.82, 2.24) is 4.31 Å². The van der Waals surface area contributed by atoms with E-state index < -0.39 is 15.4 Å². The molecule has 0 aromatic heterocycles. The molecule has 1 N–H and O–H groups in total. The van der Waals surface area contributed by atoms with E-state index in [1.165, 1.54) is 23.4 Å². The van der Waals surface area contributed by atoms with Crippen LogP contribution in [0.25, 0.3) is 11.1 Å². The number of Topliss-reactive ketones (excluding diaryl/α,β-unsaturated/α-hetero) is 1. The standard InChI is InChI=1S/C32H29BrN2O4S/c1-23(36)25-7-6-12-30(22-25)40(38,39)35-19-17-32(18-20-35,27-9-3-2-4-10-27)31(37)34-29-11-5-8-26(21-29)24-13-15-28(33)16-14-24/h2-16,21-22H,17-20H2,1H3,(H,34,37). The smallest absolute Gasteiger partial charge is 0.243 e. The van der Waals surface area contributed by atoms with Gasteiger partial charge in [0.05, 0.1) is 10.3 Å². The Labute approximate surface area is 243 Å². The Hall–Kier alpha value is -3.59. The molecular formula is C32H29BrN2O4S. The number of hydrogen-bond acceptors (Lipinski definition) is 4. The molecule has 8 heteroatoms. The molecule has 5 rings (SSSR count). The van der Waals surface area contributed by atoms with Crippen molar-refractivity contribution >= 4 is 43.3 Å². The topological polar surface area (TPSA) is 83.6 Å². The zero-order chi connectivity index (χ0) is 28.3. The van der Waals surface area contributed by atoms with Gasteiger partial charge in [0, 0.05) is 28.8 Å². The van der Waals surface area contributed by atoms with E-state index in [1.54, 1.807) is 12.1 Å². The van der Waals surface area contributed by atoms with E-state index in [9.17, 15) is 18.0 Å². The van der Waals surface area contributed by atoms with Crippen molar-refractivity contribution in [2.45, 2.75) is 30.1 Å². The molecule has 0 spiro atoms. The third-order valence-corrected chi connectivity index (χ3v) is 9.94. The van der Waals surface area contributed by atoms with Crippen molar-refractivity contribution in [1.29, 1.82) is 0 Å². The van der Waals surface area contributed by atoms with E-state index in [0.717, 1.165) is 21.2 Å². The molecule has 1 aliphatic rings. The lowest BCUT2D eigenvalue weighted by molar-refractivity contribution is -0.123. The third-order valence-electron chi connectivity index (χ3n) is 7.51. The largest absolute Gasteiger partial charge is 0.325 e. The molecule has 1 heterocycles. The van der Waals surface area contributed by atoms with Crippen LogP contribution in [-0.4, -0.2) is 37.5 Å². The number of carbonyl (C=O) groups is 2. The number of ketones is 1. The maximum Gasteiger partial charge on any atom is 0.243 e. The normalized spacial score (nSPS) is 15.3. The van der Waals surface area contributed by atoms with Crippen LogP contribution in [0.5, 0.6) is 0 Å². The average Bonchev–Trinajstić information content (AvgIpc) is 2.98. The lowest BCUT2D eigenvalue weighted by Gasteiger charge is -2.40. The van der Waals surface area contributed by atoms with Crippen LogP contribution in [0.2, 0.25) is 0 Å². The summed E-state index contributed by atoms with van der Waals surface area (Å²) >= 11 is 3.46. The summed E-state index contributed by atoms with van der Waals surface area (Å²) in [5.74, 6) is -0.359. The van der Waals surface area contributed by atoms with Gasteiger partial charge in [0.15, 0.2) is 5.78 Å². The zero-order valence-electron chi connectivity index (χ0n) is 22.0. The first-order chi connectivity index (χ1) is 19.2. The molecule has 0 bridgehead atoms. The molecule has 1 saturated heterocycles. The summed E-state index contributed by atoms with van der Waals surface area (Å²) in [5, 5.41) is 3.12. The monoisotopic (exact) mass is 616 g/mol. The highest BCUT2D eigenvalue weighted by atomic mass is 79.9. The molecule has 204 valence electrons. The van der Waals surface area contributed by atoms with Crippen molar-refractivity contribution in [2.24, 2.45) is 0 Å². The minimum absolute atomic E-state index is 0.0848. The van der Waals surface area contributed by atoms with Gasteiger partial charge in [-0.1, -0.05) is 82.7 Å². The van der Waals surface area contributed by atoms with E-state index >= 15 is 0 Å². The van der Waals surface area contributed by atoms with Gasteiger partial charge in [0.2, 0.25) is 15.9 Å². The highest BCUT2D eigenvalue weighted by Crippen LogP contribution is 2.39. The van der Waals surface area contributed by atoms with Gasteiger partial charge in [0.25, 0.3) is 0 Å². The summed E-state index contributed by atoms with van der Waals surface area (Å²) < 4.78 is 29.4. The molecule has 40 heavy (non-hydrogen) atoms. The summed E-state index contributed by atoms with van der Waals surface area (Å²) in [5.41, 5.74) is 2.99. The number of amides is 1. The van der Waals surface area contributed by atoms with Gasteiger partial charge in [-0.2, -0.15) is 4.31 Å². The summed E-state index contributed by atoms with van der Waals surface area (Å²) in [6, 6.07) is 31.4. The SMILES string of the molecule is CC(=O)c1cccc(S(=O)(=O)N2CCC(C(=O)Nc3cccc(-c4ccc(Br)cc4)c3)(c3ccccc3)CC2)c1. The van der Waals surface area contributed by atoms with E-state index in [2.05, 4.69) is 21.2 Å². The molecular weight excluding hydrogens is 588 g/mol. The Morgan fingerprint density at radius 2 is 1.48 bits per heavy atom. The van der Waals surface area contributed by atoms with Crippen LogP contribution in [0.3, 0.4) is 0 Å². The number of rotatable bonds is 7. The van der Waals surface area contributed by atoms with Crippen LogP contribution < -0.4 is 5.32 Å². The lowest BCUT2D eigenvalue weighted by Crippen LogP contribution is -2.50. The van der Waals surface area contributed by atoms with Crippen molar-refractivity contribution < 1.29 is 18.0 Å². The molecule has 4 aromatic carbocycles. The van der Waals surface area contributed by atoms with Gasteiger partial charge in [-0.25, -0.2) is 8.42 Å². The molecule has 4 aromatic rings. The highest BCUT2D eigenvalue weighted by Gasteiger charge is 2.45. The first-order valence-electron chi connectivity index (χ1n) is 13.0. The van der Waals surface area contributed by atoms with E-state index in [4.69, 9.17) is 0 Å². The van der Waals surface area contributed by atoms with Crippen molar-refractivity contribution in [2.75, 3.05) is 18.4 Å². The Bertz CT molecular complexity index is 1650. The van der Waals surface area contributed by atoms with Crippen LogP contribution in [0, 0.1) is 0 Å². The van der Waals surface area contributed by atoms with Gasteiger partial charge >= 0.3 is 0 Å². The fraction of sp³-hybridized carbons (Fsp3) is 0.188. The average molecular weight is 618 g/mol. The first-order valence-corrected chi connectivity index (χ1v) is 15.3. The fourth-order valence-electron chi connectivity index (χ4n) is 5.21. The Kier molecular flexibility index (Phi) is 8.03. The molecule has 1 amide bonds. The molecule has 0 aliphatic carbocycles. The number of nitrogens with zero attached hydrogens (tertiary/aromatic N) is 1. The predicted octanol–water partition coefficient (Wildman–Crippen LogP) is 6.68. The summed E-state index contributed by atoms with van der Waals surface area (Å²) in [7, 11) is -3.83. The molecule has 6 nitrogen and oxygen atoms in total. The number of nitrogens with one attached hydrogen (secondary N) is 1. The number of halogens is 1. The molecule has 0 atom stereocenters. The number of piperidine rings is 1. The minimum atomic E-state index is -3.83. The fourth-order valence-corrected chi connectivity index (χ4v) is 6.96.